The number of hydrogen-bond donors (Lipinski definition) is 1. The van der Waals surface area contributed by atoms with Crippen LogP contribution in [0.4, 0.5) is 5.69 Å². The highest BCUT2D eigenvalue weighted by Crippen LogP contribution is 2.20. The number of halogens is 1. The van der Waals surface area contributed by atoms with Crippen LogP contribution in [0.25, 0.3) is 0 Å². The van der Waals surface area contributed by atoms with Gasteiger partial charge in [0.2, 0.25) is 10.0 Å². The second-order valence-electron chi connectivity index (χ2n) is 4.45. The summed E-state index contributed by atoms with van der Waals surface area (Å²) in [6, 6.07) is 13.6. The van der Waals surface area contributed by atoms with Crippen molar-refractivity contribution in [1.29, 1.82) is 0 Å². The van der Waals surface area contributed by atoms with E-state index in [9.17, 15) is 8.42 Å². The number of rotatable bonds is 6. The molecule has 0 atom stereocenters. The van der Waals surface area contributed by atoms with Crippen LogP contribution in [0, 0.1) is 0 Å². The molecule has 0 unspecified atom stereocenters. The molecule has 0 spiro atoms. The Balaban J connectivity index is 2.12. The van der Waals surface area contributed by atoms with Gasteiger partial charge in [0, 0.05) is 11.1 Å². The largest absolute Gasteiger partial charge is 0.494 e. The Bertz CT molecular complexity index is 716. The molecule has 0 amide bonds. The van der Waals surface area contributed by atoms with Crippen LogP contribution < -0.4 is 9.46 Å². The van der Waals surface area contributed by atoms with E-state index in [1.807, 2.05) is 6.92 Å². The van der Waals surface area contributed by atoms with Gasteiger partial charge in [-0.1, -0.05) is 29.8 Å². The Kier molecular flexibility index (Phi) is 5.09. The van der Waals surface area contributed by atoms with E-state index in [4.69, 9.17) is 16.3 Å². The Morgan fingerprint density at radius 1 is 1.14 bits per heavy atom. The van der Waals surface area contributed by atoms with Crippen LogP contribution in [0.2, 0.25) is 5.02 Å². The molecule has 0 saturated carbocycles. The minimum atomic E-state index is -3.50. The molecule has 0 aliphatic heterocycles. The van der Waals surface area contributed by atoms with Gasteiger partial charge in [-0.15, -0.1) is 0 Å². The fourth-order valence-electron chi connectivity index (χ4n) is 1.88. The molecule has 6 heteroatoms. The average molecular weight is 326 g/mol. The Morgan fingerprint density at radius 2 is 1.90 bits per heavy atom. The highest BCUT2D eigenvalue weighted by Gasteiger charge is 2.12. The normalized spacial score (nSPS) is 11.1. The summed E-state index contributed by atoms with van der Waals surface area (Å²) in [7, 11) is -3.50. The van der Waals surface area contributed by atoms with Gasteiger partial charge in [0.1, 0.15) is 5.75 Å². The molecule has 0 aromatic heterocycles. The maximum atomic E-state index is 12.2. The smallest absolute Gasteiger partial charge is 0.236 e. The van der Waals surface area contributed by atoms with Crippen LogP contribution in [-0.2, 0) is 15.8 Å². The zero-order chi connectivity index (χ0) is 15.3. The molecule has 2 aromatic carbocycles. The van der Waals surface area contributed by atoms with E-state index in [2.05, 4.69) is 4.72 Å². The molecule has 112 valence electrons. The van der Waals surface area contributed by atoms with Crippen molar-refractivity contribution < 1.29 is 13.2 Å². The lowest BCUT2D eigenvalue weighted by Crippen LogP contribution is -2.15. The SMILES string of the molecule is CCOc1cccc(NS(=O)(=O)Cc2cccc(Cl)c2)c1. The first-order valence-electron chi connectivity index (χ1n) is 6.46. The predicted octanol–water partition coefficient (Wildman–Crippen LogP) is 3.68. The zero-order valence-corrected chi connectivity index (χ0v) is 13.1. The molecular formula is C15H16ClNO3S. The van der Waals surface area contributed by atoms with Crippen molar-refractivity contribution in [2.75, 3.05) is 11.3 Å². The molecule has 2 rings (SSSR count). The molecule has 1 N–H and O–H groups in total. The van der Waals surface area contributed by atoms with Crippen molar-refractivity contribution in [1.82, 2.24) is 0 Å². The predicted molar refractivity (Wildman–Crippen MR) is 85.3 cm³/mol. The maximum Gasteiger partial charge on any atom is 0.236 e. The van der Waals surface area contributed by atoms with E-state index in [-0.39, 0.29) is 5.75 Å². The Morgan fingerprint density at radius 3 is 2.62 bits per heavy atom. The van der Waals surface area contributed by atoms with Crippen molar-refractivity contribution in [3.63, 3.8) is 0 Å². The van der Waals surface area contributed by atoms with Crippen LogP contribution >= 0.6 is 11.6 Å². The Labute approximate surface area is 129 Å². The third-order valence-electron chi connectivity index (χ3n) is 2.66. The second kappa shape index (κ2) is 6.83. The Hall–Kier alpha value is -1.72. The van der Waals surface area contributed by atoms with Gasteiger partial charge in [-0.25, -0.2) is 8.42 Å². The van der Waals surface area contributed by atoms with Crippen LogP contribution in [0.3, 0.4) is 0 Å². The number of nitrogens with one attached hydrogen (secondary N) is 1. The number of hydrogen-bond acceptors (Lipinski definition) is 3. The summed E-state index contributed by atoms with van der Waals surface area (Å²) < 4.78 is 32.2. The molecule has 2 aromatic rings. The summed E-state index contributed by atoms with van der Waals surface area (Å²) in [6.45, 7) is 2.40. The summed E-state index contributed by atoms with van der Waals surface area (Å²) in [5.41, 5.74) is 1.11. The van der Waals surface area contributed by atoms with E-state index in [1.54, 1.807) is 48.5 Å². The van der Waals surface area contributed by atoms with E-state index in [0.717, 1.165) is 0 Å². The first-order valence-corrected chi connectivity index (χ1v) is 8.49. The van der Waals surface area contributed by atoms with Crippen molar-refractivity contribution in [3.05, 3.63) is 59.1 Å². The standard InChI is InChI=1S/C15H16ClNO3S/c1-2-20-15-8-4-7-14(10-15)17-21(18,19)11-12-5-3-6-13(16)9-12/h3-10,17H,2,11H2,1H3. The van der Waals surface area contributed by atoms with E-state index in [0.29, 0.717) is 28.6 Å². The first kappa shape index (κ1) is 15.7. The molecule has 0 aliphatic rings. The first-order chi connectivity index (χ1) is 9.98. The summed E-state index contributed by atoms with van der Waals surface area (Å²) in [5, 5.41) is 0.515. The van der Waals surface area contributed by atoms with Gasteiger partial charge in [-0.2, -0.15) is 0 Å². The van der Waals surface area contributed by atoms with Crippen LogP contribution in [0.1, 0.15) is 12.5 Å². The zero-order valence-electron chi connectivity index (χ0n) is 11.5. The topological polar surface area (TPSA) is 55.4 Å². The van der Waals surface area contributed by atoms with Gasteiger partial charge in [-0.05, 0) is 36.8 Å². The number of ether oxygens (including phenoxy) is 1. The van der Waals surface area contributed by atoms with Crippen molar-refractivity contribution in [3.8, 4) is 5.75 Å². The molecule has 21 heavy (non-hydrogen) atoms. The number of benzene rings is 2. The van der Waals surface area contributed by atoms with Crippen molar-refractivity contribution >= 4 is 27.3 Å². The molecule has 0 heterocycles. The second-order valence-corrected chi connectivity index (χ2v) is 6.61. The van der Waals surface area contributed by atoms with Gasteiger partial charge in [-0.3, -0.25) is 4.72 Å². The lowest BCUT2D eigenvalue weighted by molar-refractivity contribution is 0.340. The molecular weight excluding hydrogens is 310 g/mol. The highest BCUT2D eigenvalue weighted by atomic mass is 35.5. The lowest BCUT2D eigenvalue weighted by Gasteiger charge is -2.10. The molecule has 4 nitrogen and oxygen atoms in total. The number of anilines is 1. The fourth-order valence-corrected chi connectivity index (χ4v) is 3.27. The summed E-state index contributed by atoms with van der Waals surface area (Å²) in [4.78, 5) is 0. The quantitative estimate of drug-likeness (QED) is 0.881. The third kappa shape index (κ3) is 4.95. The van der Waals surface area contributed by atoms with E-state index >= 15 is 0 Å². The van der Waals surface area contributed by atoms with Crippen molar-refractivity contribution in [2.24, 2.45) is 0 Å². The summed E-state index contributed by atoms with van der Waals surface area (Å²) in [6.07, 6.45) is 0. The van der Waals surface area contributed by atoms with Crippen LogP contribution in [0.15, 0.2) is 48.5 Å². The van der Waals surface area contributed by atoms with Crippen LogP contribution in [0.5, 0.6) is 5.75 Å². The van der Waals surface area contributed by atoms with Gasteiger partial charge in [0.15, 0.2) is 0 Å². The monoisotopic (exact) mass is 325 g/mol. The van der Waals surface area contributed by atoms with Gasteiger partial charge in [0.25, 0.3) is 0 Å². The minimum absolute atomic E-state index is 0.133. The van der Waals surface area contributed by atoms with Gasteiger partial charge >= 0.3 is 0 Å². The average Bonchev–Trinajstić information content (AvgIpc) is 2.38. The molecule has 0 saturated heterocycles. The van der Waals surface area contributed by atoms with Gasteiger partial charge < -0.3 is 4.74 Å². The summed E-state index contributed by atoms with van der Waals surface area (Å²) >= 11 is 5.86. The molecule has 0 radical (unpaired) electrons. The van der Waals surface area contributed by atoms with Gasteiger partial charge in [0.05, 0.1) is 18.0 Å². The summed E-state index contributed by atoms with van der Waals surface area (Å²) in [5.74, 6) is 0.493. The molecule has 0 bridgehead atoms. The maximum absolute atomic E-state index is 12.2. The molecule has 0 fully saturated rings. The van der Waals surface area contributed by atoms with Crippen molar-refractivity contribution in [2.45, 2.75) is 12.7 Å². The highest BCUT2D eigenvalue weighted by molar-refractivity contribution is 7.91. The molecule has 0 aliphatic carbocycles. The number of sulfonamides is 1. The fraction of sp³-hybridized carbons (Fsp3) is 0.200. The van der Waals surface area contributed by atoms with E-state index < -0.39 is 10.0 Å². The van der Waals surface area contributed by atoms with Crippen LogP contribution in [-0.4, -0.2) is 15.0 Å². The lowest BCUT2D eigenvalue weighted by atomic mass is 10.2. The third-order valence-corrected chi connectivity index (χ3v) is 4.16. The minimum Gasteiger partial charge on any atom is -0.494 e. The van der Waals surface area contributed by atoms with E-state index in [1.165, 1.54) is 0 Å².